The van der Waals surface area contributed by atoms with E-state index >= 15 is 0 Å². The van der Waals surface area contributed by atoms with Gasteiger partial charge in [-0.1, -0.05) is 37.3 Å². The van der Waals surface area contributed by atoms with Crippen molar-refractivity contribution in [3.8, 4) is 0 Å². The van der Waals surface area contributed by atoms with Crippen molar-refractivity contribution in [3.05, 3.63) is 35.9 Å². The minimum absolute atomic E-state index is 0.00892. The average Bonchev–Trinajstić information content (AvgIpc) is 2.44. The van der Waals surface area contributed by atoms with Crippen LogP contribution in [0.3, 0.4) is 0 Å². The van der Waals surface area contributed by atoms with Crippen molar-refractivity contribution < 1.29 is 9.84 Å². The Morgan fingerprint density at radius 3 is 2.25 bits per heavy atom. The van der Waals surface area contributed by atoms with Gasteiger partial charge in [-0.2, -0.15) is 0 Å². The van der Waals surface area contributed by atoms with E-state index in [4.69, 9.17) is 4.74 Å². The van der Waals surface area contributed by atoms with Crippen molar-refractivity contribution in [2.24, 2.45) is 0 Å². The van der Waals surface area contributed by atoms with E-state index in [1.165, 1.54) is 0 Å². The molecule has 0 aliphatic rings. The molecule has 0 heterocycles. The molecule has 0 fully saturated rings. The molecule has 1 atom stereocenters. The number of benzene rings is 1. The van der Waals surface area contributed by atoms with Crippen LogP contribution in [0.1, 0.15) is 46.6 Å². The smallest absolute Gasteiger partial charge is 0.0908 e. The molecule has 1 rings (SSSR count). The molecule has 0 radical (unpaired) electrons. The van der Waals surface area contributed by atoms with Gasteiger partial charge in [0, 0.05) is 6.04 Å². The van der Waals surface area contributed by atoms with Crippen molar-refractivity contribution in [3.63, 3.8) is 0 Å². The Kier molecular flexibility index (Phi) is 6.18. The lowest BCUT2D eigenvalue weighted by molar-refractivity contribution is -0.0651. The Morgan fingerprint density at radius 1 is 1.20 bits per heavy atom. The summed E-state index contributed by atoms with van der Waals surface area (Å²) in [6.07, 6.45) is 0.935. The van der Waals surface area contributed by atoms with Gasteiger partial charge in [-0.25, -0.2) is 0 Å². The van der Waals surface area contributed by atoms with Gasteiger partial charge in [0.05, 0.1) is 24.4 Å². The lowest BCUT2D eigenvalue weighted by Gasteiger charge is -2.38. The van der Waals surface area contributed by atoms with Gasteiger partial charge in [0.25, 0.3) is 0 Å². The first-order chi connectivity index (χ1) is 9.35. The molecule has 0 saturated heterocycles. The topological polar surface area (TPSA) is 41.5 Å². The fourth-order valence-electron chi connectivity index (χ4n) is 2.12. The fourth-order valence-corrected chi connectivity index (χ4v) is 2.12. The normalized spacial score (nSPS) is 15.3. The van der Waals surface area contributed by atoms with E-state index < -0.39 is 5.54 Å². The predicted molar refractivity (Wildman–Crippen MR) is 83.8 cm³/mol. The summed E-state index contributed by atoms with van der Waals surface area (Å²) in [5, 5.41) is 13.5. The Balaban J connectivity index is 3.00. The maximum atomic E-state index is 10.0. The quantitative estimate of drug-likeness (QED) is 0.768. The van der Waals surface area contributed by atoms with Gasteiger partial charge >= 0.3 is 0 Å². The van der Waals surface area contributed by atoms with Gasteiger partial charge in [-0.05, 0) is 39.7 Å². The summed E-state index contributed by atoms with van der Waals surface area (Å²) >= 11 is 0. The lowest BCUT2D eigenvalue weighted by Crippen LogP contribution is -2.53. The third kappa shape index (κ3) is 4.58. The summed E-state index contributed by atoms with van der Waals surface area (Å²) in [6, 6.07) is 10.3. The largest absolute Gasteiger partial charge is 0.394 e. The van der Waals surface area contributed by atoms with Crippen LogP contribution in [0.2, 0.25) is 0 Å². The van der Waals surface area contributed by atoms with Crippen LogP contribution >= 0.6 is 0 Å². The Bertz CT molecular complexity index is 389. The molecule has 0 saturated carbocycles. The molecule has 0 aromatic heterocycles. The predicted octanol–water partition coefficient (Wildman–Crippen LogP) is 3.08. The highest BCUT2D eigenvalue weighted by molar-refractivity contribution is 5.25. The SMILES string of the molecule is CCC(C)(C)OCC(CO)(NC(C)C)c1ccccc1. The first kappa shape index (κ1) is 17.2. The average molecular weight is 279 g/mol. The summed E-state index contributed by atoms with van der Waals surface area (Å²) in [6.45, 7) is 10.9. The Hall–Kier alpha value is -0.900. The molecule has 0 aliphatic heterocycles. The molecule has 2 N–H and O–H groups in total. The van der Waals surface area contributed by atoms with Gasteiger partial charge in [0.15, 0.2) is 0 Å². The third-order valence-electron chi connectivity index (χ3n) is 3.72. The maximum absolute atomic E-state index is 10.0. The van der Waals surface area contributed by atoms with Crippen molar-refractivity contribution in [1.29, 1.82) is 0 Å². The number of aliphatic hydroxyl groups is 1. The molecule has 3 heteroatoms. The van der Waals surface area contributed by atoms with Crippen molar-refractivity contribution in [1.82, 2.24) is 5.32 Å². The van der Waals surface area contributed by atoms with E-state index in [-0.39, 0.29) is 18.2 Å². The number of nitrogens with one attached hydrogen (secondary N) is 1. The van der Waals surface area contributed by atoms with E-state index in [2.05, 4.69) is 39.9 Å². The summed E-state index contributed by atoms with van der Waals surface area (Å²) in [5.74, 6) is 0. The number of aliphatic hydroxyl groups excluding tert-OH is 1. The van der Waals surface area contributed by atoms with Crippen LogP contribution in [0.4, 0.5) is 0 Å². The molecular weight excluding hydrogens is 250 g/mol. The molecule has 1 aromatic carbocycles. The van der Waals surface area contributed by atoms with Gasteiger partial charge in [-0.3, -0.25) is 0 Å². The van der Waals surface area contributed by atoms with Crippen LogP contribution in [-0.2, 0) is 10.3 Å². The third-order valence-corrected chi connectivity index (χ3v) is 3.72. The highest BCUT2D eigenvalue weighted by atomic mass is 16.5. The minimum atomic E-state index is -0.554. The molecule has 114 valence electrons. The monoisotopic (exact) mass is 279 g/mol. The van der Waals surface area contributed by atoms with Crippen LogP contribution in [0, 0.1) is 0 Å². The molecule has 3 nitrogen and oxygen atoms in total. The van der Waals surface area contributed by atoms with E-state index in [0.29, 0.717) is 6.61 Å². The zero-order chi connectivity index (χ0) is 15.2. The van der Waals surface area contributed by atoms with Crippen LogP contribution in [0.5, 0.6) is 0 Å². The Morgan fingerprint density at radius 2 is 1.80 bits per heavy atom. The molecule has 0 spiro atoms. The number of ether oxygens (including phenoxy) is 1. The first-order valence-electron chi connectivity index (χ1n) is 7.43. The number of hydrogen-bond donors (Lipinski definition) is 2. The van der Waals surface area contributed by atoms with E-state index in [1.54, 1.807) is 0 Å². The van der Waals surface area contributed by atoms with E-state index in [0.717, 1.165) is 12.0 Å². The minimum Gasteiger partial charge on any atom is -0.394 e. The van der Waals surface area contributed by atoms with Crippen molar-refractivity contribution >= 4 is 0 Å². The second-order valence-electron chi connectivity index (χ2n) is 6.31. The van der Waals surface area contributed by atoms with Crippen molar-refractivity contribution in [2.75, 3.05) is 13.2 Å². The zero-order valence-electron chi connectivity index (χ0n) is 13.4. The summed E-state index contributed by atoms with van der Waals surface area (Å²) in [5.41, 5.74) is 0.318. The van der Waals surface area contributed by atoms with Crippen LogP contribution in [-0.4, -0.2) is 30.0 Å². The van der Waals surface area contributed by atoms with Gasteiger partial charge in [0.2, 0.25) is 0 Å². The molecule has 0 bridgehead atoms. The van der Waals surface area contributed by atoms with Crippen LogP contribution in [0.25, 0.3) is 0 Å². The summed E-state index contributed by atoms with van der Waals surface area (Å²) < 4.78 is 6.07. The lowest BCUT2D eigenvalue weighted by atomic mass is 9.90. The van der Waals surface area contributed by atoms with Gasteiger partial charge in [0.1, 0.15) is 0 Å². The number of hydrogen-bond acceptors (Lipinski definition) is 3. The van der Waals surface area contributed by atoms with Gasteiger partial charge < -0.3 is 15.2 Å². The fraction of sp³-hybridized carbons (Fsp3) is 0.647. The molecule has 1 unspecified atom stereocenters. The van der Waals surface area contributed by atoms with Crippen molar-refractivity contribution in [2.45, 2.75) is 58.2 Å². The van der Waals surface area contributed by atoms with E-state index in [9.17, 15) is 5.11 Å². The highest BCUT2D eigenvalue weighted by Crippen LogP contribution is 2.25. The second kappa shape index (κ2) is 7.21. The standard InChI is InChI=1S/C17H29NO2/c1-6-16(4,5)20-13-17(12-19,18-14(2)3)15-10-8-7-9-11-15/h7-11,14,18-19H,6,12-13H2,1-5H3. The molecule has 0 aliphatic carbocycles. The summed E-state index contributed by atoms with van der Waals surface area (Å²) in [7, 11) is 0. The second-order valence-corrected chi connectivity index (χ2v) is 6.31. The first-order valence-corrected chi connectivity index (χ1v) is 7.43. The van der Waals surface area contributed by atoms with E-state index in [1.807, 2.05) is 30.3 Å². The number of rotatable bonds is 8. The van der Waals surface area contributed by atoms with Gasteiger partial charge in [-0.15, -0.1) is 0 Å². The van der Waals surface area contributed by atoms with Crippen LogP contribution in [0.15, 0.2) is 30.3 Å². The molecule has 1 aromatic rings. The Labute approximate surface area is 123 Å². The highest BCUT2D eigenvalue weighted by Gasteiger charge is 2.34. The molecule has 20 heavy (non-hydrogen) atoms. The molecular formula is C17H29NO2. The molecule has 0 amide bonds. The maximum Gasteiger partial charge on any atom is 0.0908 e. The zero-order valence-corrected chi connectivity index (χ0v) is 13.4. The summed E-state index contributed by atoms with van der Waals surface area (Å²) in [4.78, 5) is 0. The van der Waals surface area contributed by atoms with Crippen LogP contribution < -0.4 is 5.32 Å².